The van der Waals surface area contributed by atoms with E-state index in [9.17, 15) is 9.59 Å². The van der Waals surface area contributed by atoms with E-state index in [0.29, 0.717) is 25.4 Å². The molecule has 7 heteroatoms. The summed E-state index contributed by atoms with van der Waals surface area (Å²) in [6, 6.07) is 12.0. The second-order valence-corrected chi connectivity index (χ2v) is 8.28. The van der Waals surface area contributed by atoms with E-state index in [-0.39, 0.29) is 30.5 Å². The van der Waals surface area contributed by atoms with E-state index in [2.05, 4.69) is 5.10 Å². The van der Waals surface area contributed by atoms with E-state index in [1.54, 1.807) is 28.9 Å². The first kappa shape index (κ1) is 20.6. The largest absolute Gasteiger partial charge is 0.370 e. The van der Waals surface area contributed by atoms with Gasteiger partial charge < -0.3 is 14.5 Å². The number of nitrogens with zero attached hydrogens (tertiary/aromatic N) is 4. The zero-order chi connectivity index (χ0) is 20.9. The van der Waals surface area contributed by atoms with Gasteiger partial charge in [-0.05, 0) is 24.5 Å². The van der Waals surface area contributed by atoms with Gasteiger partial charge in [-0.25, -0.2) is 0 Å². The molecule has 2 fully saturated rings. The molecular weight excluding hydrogens is 380 g/mol. The Morgan fingerprint density at radius 2 is 1.87 bits per heavy atom. The summed E-state index contributed by atoms with van der Waals surface area (Å²) in [4.78, 5) is 29.9. The molecular formula is C23H30N4O3. The van der Waals surface area contributed by atoms with Crippen molar-refractivity contribution in [1.29, 1.82) is 0 Å². The van der Waals surface area contributed by atoms with E-state index in [0.717, 1.165) is 31.2 Å². The van der Waals surface area contributed by atoms with Gasteiger partial charge in [-0.1, -0.05) is 49.6 Å². The van der Waals surface area contributed by atoms with Crippen molar-refractivity contribution in [3.63, 3.8) is 0 Å². The zero-order valence-corrected chi connectivity index (χ0v) is 17.6. The average Bonchev–Trinajstić information content (AvgIpc) is 3.13. The van der Waals surface area contributed by atoms with Crippen molar-refractivity contribution in [1.82, 2.24) is 19.6 Å². The summed E-state index contributed by atoms with van der Waals surface area (Å²) in [7, 11) is 1.74. The van der Waals surface area contributed by atoms with Crippen molar-refractivity contribution in [2.24, 2.45) is 7.05 Å². The highest BCUT2D eigenvalue weighted by molar-refractivity contribution is 5.95. The van der Waals surface area contributed by atoms with E-state index >= 15 is 0 Å². The Morgan fingerprint density at radius 1 is 1.10 bits per heavy atom. The minimum Gasteiger partial charge on any atom is -0.370 e. The summed E-state index contributed by atoms with van der Waals surface area (Å²) in [5.74, 6) is -0.162. The van der Waals surface area contributed by atoms with Gasteiger partial charge >= 0.3 is 0 Å². The van der Waals surface area contributed by atoms with E-state index < -0.39 is 0 Å². The smallest absolute Gasteiger partial charge is 0.272 e. The number of aryl methyl sites for hydroxylation is 1. The molecule has 1 atom stereocenters. The van der Waals surface area contributed by atoms with E-state index in [1.165, 1.54) is 6.42 Å². The van der Waals surface area contributed by atoms with Crippen molar-refractivity contribution in [2.75, 3.05) is 19.6 Å². The molecule has 0 unspecified atom stereocenters. The first-order valence-electron chi connectivity index (χ1n) is 10.8. The molecule has 30 heavy (non-hydrogen) atoms. The van der Waals surface area contributed by atoms with Gasteiger partial charge in [0.2, 0.25) is 5.91 Å². The van der Waals surface area contributed by atoms with Crippen LogP contribution in [0.1, 0.15) is 48.2 Å². The van der Waals surface area contributed by atoms with Crippen LogP contribution in [0, 0.1) is 0 Å². The molecule has 4 rings (SSSR count). The summed E-state index contributed by atoms with van der Waals surface area (Å²) < 4.78 is 7.79. The highest BCUT2D eigenvalue weighted by Gasteiger charge is 2.35. The second-order valence-electron chi connectivity index (χ2n) is 8.28. The van der Waals surface area contributed by atoms with Crippen LogP contribution in [0.25, 0.3) is 0 Å². The highest BCUT2D eigenvalue weighted by atomic mass is 16.5. The minimum absolute atomic E-state index is 0.0169. The molecule has 160 valence electrons. The van der Waals surface area contributed by atoms with Gasteiger partial charge in [0.25, 0.3) is 5.91 Å². The lowest BCUT2D eigenvalue weighted by Gasteiger charge is -2.34. The van der Waals surface area contributed by atoms with Crippen molar-refractivity contribution < 1.29 is 14.3 Å². The maximum atomic E-state index is 13.2. The van der Waals surface area contributed by atoms with Gasteiger partial charge in [0.1, 0.15) is 12.2 Å². The molecule has 1 aromatic carbocycles. The molecule has 2 aromatic rings. The molecule has 1 aromatic heterocycles. The Morgan fingerprint density at radius 3 is 2.57 bits per heavy atom. The molecule has 7 nitrogen and oxygen atoms in total. The van der Waals surface area contributed by atoms with Crippen LogP contribution in [-0.4, -0.2) is 63.2 Å². The van der Waals surface area contributed by atoms with Crippen LogP contribution in [-0.2, 0) is 23.2 Å². The Bertz CT molecular complexity index is 860. The third-order valence-electron chi connectivity index (χ3n) is 6.14. The molecule has 0 N–H and O–H groups in total. The number of hydrogen-bond acceptors (Lipinski definition) is 4. The summed E-state index contributed by atoms with van der Waals surface area (Å²) in [5.41, 5.74) is 1.57. The third kappa shape index (κ3) is 4.73. The fourth-order valence-electron chi connectivity index (χ4n) is 4.48. The van der Waals surface area contributed by atoms with Gasteiger partial charge in [-0.2, -0.15) is 5.10 Å². The van der Waals surface area contributed by atoms with Gasteiger partial charge in [0.05, 0.1) is 12.7 Å². The lowest BCUT2D eigenvalue weighted by Crippen LogP contribution is -2.46. The fraction of sp³-hybridized carbons (Fsp3) is 0.522. The number of aromatic nitrogens is 2. The molecule has 2 heterocycles. The lowest BCUT2D eigenvalue weighted by atomic mass is 9.94. The predicted octanol–water partition coefficient (Wildman–Crippen LogP) is 2.62. The van der Waals surface area contributed by atoms with Gasteiger partial charge in [0, 0.05) is 32.4 Å². The molecule has 2 amide bonds. The molecule has 1 saturated heterocycles. The van der Waals surface area contributed by atoms with Crippen LogP contribution < -0.4 is 0 Å². The topological polar surface area (TPSA) is 67.7 Å². The number of carbonyl (C=O) groups is 2. The van der Waals surface area contributed by atoms with Gasteiger partial charge in [-0.15, -0.1) is 0 Å². The van der Waals surface area contributed by atoms with E-state index in [4.69, 9.17) is 4.74 Å². The monoisotopic (exact) mass is 410 g/mol. The number of benzene rings is 1. The molecule has 2 aliphatic rings. The van der Waals surface area contributed by atoms with Gasteiger partial charge in [-0.3, -0.25) is 14.3 Å². The maximum absolute atomic E-state index is 13.2. The molecule has 1 aliphatic heterocycles. The number of amides is 2. The van der Waals surface area contributed by atoms with Crippen molar-refractivity contribution in [3.8, 4) is 0 Å². The van der Waals surface area contributed by atoms with Crippen LogP contribution in [0.15, 0.2) is 42.6 Å². The Hall–Kier alpha value is -2.67. The standard InChI is InChI=1S/C23H30N4O3/c1-25-21(12-13-24-25)23(29)26-14-20(30-17-18-8-4-2-5-9-18)15-27(22(28)16-26)19-10-6-3-7-11-19/h2,4-5,8-9,12-13,19-20H,3,6-7,10-11,14-17H2,1H3/t20-/m1/s1. The summed E-state index contributed by atoms with van der Waals surface area (Å²) >= 11 is 0. The van der Waals surface area contributed by atoms with Gasteiger partial charge in [0.15, 0.2) is 0 Å². The molecule has 0 bridgehead atoms. The summed E-state index contributed by atoms with van der Waals surface area (Å²) in [5, 5.41) is 4.10. The van der Waals surface area contributed by atoms with Crippen LogP contribution in [0.3, 0.4) is 0 Å². The average molecular weight is 411 g/mol. The van der Waals surface area contributed by atoms with Crippen LogP contribution in [0.2, 0.25) is 0 Å². The number of hydrogen-bond donors (Lipinski definition) is 0. The van der Waals surface area contributed by atoms with Crippen molar-refractivity contribution in [2.45, 2.75) is 50.9 Å². The first-order valence-corrected chi connectivity index (χ1v) is 10.8. The number of rotatable bonds is 5. The minimum atomic E-state index is -0.226. The van der Waals surface area contributed by atoms with E-state index in [1.807, 2.05) is 35.2 Å². The normalized spacial score (nSPS) is 21.0. The van der Waals surface area contributed by atoms with Crippen LogP contribution in [0.4, 0.5) is 0 Å². The van der Waals surface area contributed by atoms with Crippen LogP contribution in [0.5, 0.6) is 0 Å². The Balaban J connectivity index is 1.53. The van der Waals surface area contributed by atoms with Crippen LogP contribution >= 0.6 is 0 Å². The molecule has 0 radical (unpaired) electrons. The SMILES string of the molecule is Cn1nccc1C(=O)N1CC(=O)N(C2CCCCC2)C[C@H](OCc2ccccc2)C1. The Labute approximate surface area is 177 Å². The third-order valence-corrected chi connectivity index (χ3v) is 6.14. The highest BCUT2D eigenvalue weighted by Crippen LogP contribution is 2.25. The van der Waals surface area contributed by atoms with Crippen molar-refractivity contribution in [3.05, 3.63) is 53.9 Å². The first-order chi connectivity index (χ1) is 14.6. The molecule has 0 spiro atoms. The molecule has 1 aliphatic carbocycles. The quantitative estimate of drug-likeness (QED) is 0.760. The summed E-state index contributed by atoms with van der Waals surface area (Å²) in [6.07, 6.45) is 6.99. The lowest BCUT2D eigenvalue weighted by molar-refractivity contribution is -0.134. The number of ether oxygens (including phenoxy) is 1. The molecule has 1 saturated carbocycles. The number of carbonyl (C=O) groups excluding carboxylic acids is 2. The zero-order valence-electron chi connectivity index (χ0n) is 17.6. The van der Waals surface area contributed by atoms with Crippen molar-refractivity contribution >= 4 is 11.8 Å². The predicted molar refractivity (Wildman–Crippen MR) is 113 cm³/mol. The maximum Gasteiger partial charge on any atom is 0.272 e. The summed E-state index contributed by atoms with van der Waals surface area (Å²) in [6.45, 7) is 1.48. The fourth-order valence-corrected chi connectivity index (χ4v) is 4.48. The Kier molecular flexibility index (Phi) is 6.47. The second kappa shape index (κ2) is 9.43.